The van der Waals surface area contributed by atoms with Gasteiger partial charge in [-0.05, 0) is 94.1 Å². The van der Waals surface area contributed by atoms with Crippen molar-refractivity contribution in [1.82, 2.24) is 40.2 Å². The van der Waals surface area contributed by atoms with Crippen LogP contribution in [0.2, 0.25) is 0 Å². The standard InChI is InChI=1S/C41H44N10O6/c1-24-6-5-18-49(24)23-34-46-29-12-11-27(21-31(29)47-34)45-38(54)25-10-13-32-26(20-25)22-44-50(32)19-17-43-35(52)9-2-3-16-42-30-8-4-7-28-37(30)41(57)51(40(28)56)33-14-15-36(53)48-39(33)55/h4,7-8,10-13,20-22,24,33,42H,2-3,5-6,9,14-19,23H2,1H3,(H,43,52)(H,45,54)(H,46,47)(H,48,53,55). The molecule has 16 heteroatoms. The van der Waals surface area contributed by atoms with E-state index in [1.165, 1.54) is 12.8 Å². The summed E-state index contributed by atoms with van der Waals surface area (Å²) in [5, 5.41) is 16.6. The molecule has 0 spiro atoms. The first-order chi connectivity index (χ1) is 27.6. The number of unbranched alkanes of at least 4 members (excludes halogenated alkanes) is 1. The number of nitrogens with zero attached hydrogens (tertiary/aromatic N) is 5. The van der Waals surface area contributed by atoms with Crippen LogP contribution >= 0.6 is 0 Å². The number of hydrogen-bond acceptors (Lipinski definition) is 10. The molecule has 5 heterocycles. The van der Waals surface area contributed by atoms with Gasteiger partial charge in [0.1, 0.15) is 11.9 Å². The summed E-state index contributed by atoms with van der Waals surface area (Å²) in [6.07, 6.45) is 5.79. The molecule has 3 aliphatic rings. The maximum absolute atomic E-state index is 13.3. The molecule has 57 heavy (non-hydrogen) atoms. The lowest BCUT2D eigenvalue weighted by atomic mass is 10.0. The van der Waals surface area contributed by atoms with Crippen LogP contribution < -0.4 is 21.3 Å². The van der Waals surface area contributed by atoms with Crippen molar-refractivity contribution in [2.24, 2.45) is 0 Å². The number of benzene rings is 3. The van der Waals surface area contributed by atoms with Crippen LogP contribution in [0.1, 0.15) is 88.8 Å². The van der Waals surface area contributed by atoms with E-state index in [0.29, 0.717) is 61.9 Å². The minimum atomic E-state index is -1.03. The molecule has 16 nitrogen and oxygen atoms in total. The first kappa shape index (κ1) is 37.5. The van der Waals surface area contributed by atoms with Crippen LogP contribution in [0.3, 0.4) is 0 Å². The molecule has 2 atom stereocenters. The maximum Gasteiger partial charge on any atom is 0.264 e. The van der Waals surface area contributed by atoms with E-state index in [9.17, 15) is 28.8 Å². The minimum absolute atomic E-state index is 0.0527. The van der Waals surface area contributed by atoms with Crippen LogP contribution in [0.15, 0.2) is 60.8 Å². The maximum atomic E-state index is 13.3. The van der Waals surface area contributed by atoms with Crippen molar-refractivity contribution in [2.75, 3.05) is 30.3 Å². The number of imide groups is 2. The molecule has 2 saturated heterocycles. The fourth-order valence-electron chi connectivity index (χ4n) is 7.93. The summed E-state index contributed by atoms with van der Waals surface area (Å²) in [5.74, 6) is -1.62. The highest BCUT2D eigenvalue weighted by atomic mass is 16.2. The summed E-state index contributed by atoms with van der Waals surface area (Å²) in [6, 6.07) is 15.5. The Morgan fingerprint density at radius 3 is 2.67 bits per heavy atom. The zero-order valence-corrected chi connectivity index (χ0v) is 31.6. The summed E-state index contributed by atoms with van der Waals surface area (Å²) in [5.41, 5.74) is 4.64. The van der Waals surface area contributed by atoms with Crippen molar-refractivity contribution < 1.29 is 28.8 Å². The number of nitrogens with one attached hydrogen (secondary N) is 5. The van der Waals surface area contributed by atoms with Gasteiger partial charge in [0.25, 0.3) is 17.7 Å². The Hall–Kier alpha value is -6.42. The average molecular weight is 773 g/mol. The van der Waals surface area contributed by atoms with E-state index in [0.717, 1.165) is 45.8 Å². The van der Waals surface area contributed by atoms with Gasteiger partial charge in [0.15, 0.2) is 0 Å². The number of carbonyl (C=O) groups is 6. The van der Waals surface area contributed by atoms with E-state index in [-0.39, 0.29) is 35.8 Å². The normalized spacial score (nSPS) is 18.4. The van der Waals surface area contributed by atoms with E-state index >= 15 is 0 Å². The Morgan fingerprint density at radius 1 is 0.965 bits per heavy atom. The fraction of sp³-hybridized carbons (Fsp3) is 0.366. The molecule has 5 N–H and O–H groups in total. The van der Waals surface area contributed by atoms with Gasteiger partial charge in [0, 0.05) is 54.3 Å². The number of fused-ring (bicyclic) bond motifs is 3. The SMILES string of the molecule is CC1CCCN1Cc1nc2cc(NC(=O)c3ccc4c(cnn4CCNC(=O)CCCCNc4cccc5c4C(=O)N(C4CCC(=O)NC4=O)C5=O)c3)ccc2[nH]1. The molecular formula is C41H44N10O6. The van der Waals surface area contributed by atoms with Gasteiger partial charge in [0.05, 0.1) is 47.0 Å². The number of aromatic amines is 1. The number of rotatable bonds is 14. The van der Waals surface area contributed by atoms with Crippen LogP contribution in [0, 0.1) is 0 Å². The van der Waals surface area contributed by atoms with Crippen molar-refractivity contribution in [2.45, 2.75) is 77.0 Å². The van der Waals surface area contributed by atoms with Crippen molar-refractivity contribution >= 4 is 68.8 Å². The summed E-state index contributed by atoms with van der Waals surface area (Å²) in [4.78, 5) is 87.7. The van der Waals surface area contributed by atoms with Gasteiger partial charge < -0.3 is 20.9 Å². The van der Waals surface area contributed by atoms with Crippen molar-refractivity contribution in [3.8, 4) is 0 Å². The first-order valence-electron chi connectivity index (χ1n) is 19.5. The molecule has 294 valence electrons. The lowest BCUT2D eigenvalue weighted by molar-refractivity contribution is -0.136. The molecule has 2 fully saturated rings. The number of carbonyl (C=O) groups excluding carboxylic acids is 6. The van der Waals surface area contributed by atoms with Gasteiger partial charge in [-0.2, -0.15) is 5.10 Å². The van der Waals surface area contributed by atoms with E-state index in [1.54, 1.807) is 41.2 Å². The Kier molecular flexibility index (Phi) is 10.5. The number of hydrogen-bond donors (Lipinski definition) is 5. The Labute approximate surface area is 327 Å². The topological polar surface area (TPSA) is 204 Å². The largest absolute Gasteiger partial charge is 0.384 e. The van der Waals surface area contributed by atoms with Crippen molar-refractivity contribution in [1.29, 1.82) is 0 Å². The van der Waals surface area contributed by atoms with E-state index < -0.39 is 29.7 Å². The quantitative estimate of drug-likeness (QED) is 0.0813. The molecule has 8 rings (SSSR count). The number of anilines is 2. The van der Waals surface area contributed by atoms with Crippen LogP contribution in [-0.4, -0.2) is 96.7 Å². The first-order valence-corrected chi connectivity index (χ1v) is 19.5. The molecule has 2 aromatic heterocycles. The molecule has 0 bridgehead atoms. The highest BCUT2D eigenvalue weighted by Crippen LogP contribution is 2.32. The minimum Gasteiger partial charge on any atom is -0.384 e. The molecule has 3 aliphatic heterocycles. The predicted octanol–water partition coefficient (Wildman–Crippen LogP) is 3.95. The number of H-pyrrole nitrogens is 1. The zero-order chi connectivity index (χ0) is 39.6. The average Bonchev–Trinajstić information content (AvgIpc) is 3.97. The predicted molar refractivity (Wildman–Crippen MR) is 211 cm³/mol. The lowest BCUT2D eigenvalue weighted by Gasteiger charge is -2.27. The highest BCUT2D eigenvalue weighted by Gasteiger charge is 2.45. The molecule has 3 aromatic carbocycles. The van der Waals surface area contributed by atoms with E-state index in [1.807, 2.05) is 24.3 Å². The van der Waals surface area contributed by atoms with Crippen LogP contribution in [0.4, 0.5) is 11.4 Å². The highest BCUT2D eigenvalue weighted by molar-refractivity contribution is 6.25. The molecule has 0 saturated carbocycles. The fourth-order valence-corrected chi connectivity index (χ4v) is 7.93. The number of likely N-dealkylation sites (tertiary alicyclic amines) is 1. The van der Waals surface area contributed by atoms with Gasteiger partial charge in [-0.3, -0.25) is 48.6 Å². The Morgan fingerprint density at radius 2 is 1.84 bits per heavy atom. The van der Waals surface area contributed by atoms with Gasteiger partial charge in [-0.15, -0.1) is 0 Å². The zero-order valence-electron chi connectivity index (χ0n) is 31.6. The molecule has 6 amide bonds. The second kappa shape index (κ2) is 16.0. The third kappa shape index (κ3) is 7.85. The van der Waals surface area contributed by atoms with Gasteiger partial charge in [-0.25, -0.2) is 4.98 Å². The Balaban J connectivity index is 0.773. The Bertz CT molecular complexity index is 2420. The van der Waals surface area contributed by atoms with Crippen molar-refractivity contribution in [3.05, 3.63) is 83.3 Å². The summed E-state index contributed by atoms with van der Waals surface area (Å²) in [6.45, 7) is 5.39. The number of imidazole rings is 1. The van der Waals surface area contributed by atoms with Crippen molar-refractivity contribution in [3.63, 3.8) is 0 Å². The van der Waals surface area contributed by atoms with E-state index in [2.05, 4.69) is 43.2 Å². The molecule has 0 radical (unpaired) electrons. The van der Waals surface area contributed by atoms with Crippen LogP contribution in [0.25, 0.3) is 21.9 Å². The van der Waals surface area contributed by atoms with Gasteiger partial charge in [-0.1, -0.05) is 6.07 Å². The third-order valence-corrected chi connectivity index (χ3v) is 11.0. The van der Waals surface area contributed by atoms with Crippen LogP contribution in [0.5, 0.6) is 0 Å². The molecule has 5 aromatic rings. The summed E-state index contributed by atoms with van der Waals surface area (Å²) in [7, 11) is 0. The van der Waals surface area contributed by atoms with Gasteiger partial charge in [0.2, 0.25) is 17.7 Å². The number of amides is 6. The molecule has 2 unspecified atom stereocenters. The number of piperidine rings is 1. The molecule has 0 aliphatic carbocycles. The second-order valence-corrected chi connectivity index (χ2v) is 14.9. The summed E-state index contributed by atoms with van der Waals surface area (Å²) >= 11 is 0. The lowest BCUT2D eigenvalue weighted by Crippen LogP contribution is -2.54. The van der Waals surface area contributed by atoms with Crippen LogP contribution in [-0.2, 0) is 27.5 Å². The van der Waals surface area contributed by atoms with Gasteiger partial charge >= 0.3 is 0 Å². The number of aromatic nitrogens is 4. The molecular weight excluding hydrogens is 729 g/mol. The van der Waals surface area contributed by atoms with E-state index in [4.69, 9.17) is 4.98 Å². The summed E-state index contributed by atoms with van der Waals surface area (Å²) < 4.78 is 1.79. The monoisotopic (exact) mass is 772 g/mol. The smallest absolute Gasteiger partial charge is 0.264 e. The second-order valence-electron chi connectivity index (χ2n) is 14.9. The third-order valence-electron chi connectivity index (χ3n) is 11.0.